The molecule has 0 bridgehead atoms. The maximum Gasteiger partial charge on any atom is 0.220 e. The van der Waals surface area contributed by atoms with Crippen LogP contribution in [0.25, 0.3) is 0 Å². The molecule has 0 aromatic rings. The number of amides is 1. The van der Waals surface area contributed by atoms with Crippen molar-refractivity contribution < 1.29 is 89.4 Å². The number of aliphatic hydroxyl groups is 11. The van der Waals surface area contributed by atoms with Crippen LogP contribution < -0.4 is 5.32 Å². The predicted molar refractivity (Wildman–Crippen MR) is 356 cm³/mol. The van der Waals surface area contributed by atoms with Crippen LogP contribution in [0.2, 0.25) is 0 Å². The molecule has 0 spiro atoms. The number of nitrogens with one attached hydrogen (secondary N) is 1. The molecule has 3 aliphatic heterocycles. The lowest BCUT2D eigenvalue weighted by molar-refractivity contribution is -0.379. The maximum atomic E-state index is 13.4. The number of hydrogen-bond donors (Lipinski definition) is 12. The molecule has 19 heteroatoms. The fourth-order valence-electron chi connectivity index (χ4n) is 12.2. The summed E-state index contributed by atoms with van der Waals surface area (Å²) in [5.41, 5.74) is 0. The predicted octanol–water partition coefficient (Wildman–Crippen LogP) is 10.2. The van der Waals surface area contributed by atoms with E-state index in [1.165, 1.54) is 193 Å². The van der Waals surface area contributed by atoms with E-state index in [-0.39, 0.29) is 18.9 Å². The molecule has 3 heterocycles. The quantitative estimate of drug-likeness (QED) is 0.0199. The summed E-state index contributed by atoms with van der Waals surface area (Å²) < 4.78 is 34.4. The third kappa shape index (κ3) is 35.5. The SMILES string of the molecule is CCCCCCC/C=C\C/C=C\CCCCCCCCCCCCCCCCCC(=O)NC(COC1OC(CO)C(OC2OC(CO)C(OC3OC(CO)C(O)C(O)C3O)C(O)C2O)C(O)C1O)C(O)/C=C/CC/C=C/CCCCCCCCCCCCCCC. The Morgan fingerprint density at radius 3 is 1.16 bits per heavy atom. The van der Waals surface area contributed by atoms with Gasteiger partial charge in [-0.05, 0) is 64.2 Å². The van der Waals surface area contributed by atoms with Gasteiger partial charge in [-0.25, -0.2) is 0 Å². The number of carbonyl (C=O) groups is 1. The molecule has 3 aliphatic rings. The van der Waals surface area contributed by atoms with Crippen LogP contribution in [-0.2, 0) is 33.2 Å². The largest absolute Gasteiger partial charge is 0.394 e. The van der Waals surface area contributed by atoms with Crippen LogP contribution in [0.1, 0.15) is 271 Å². The lowest BCUT2D eigenvalue weighted by Gasteiger charge is -2.48. The van der Waals surface area contributed by atoms with Gasteiger partial charge in [-0.2, -0.15) is 0 Å². The van der Waals surface area contributed by atoms with Crippen molar-refractivity contribution in [1.82, 2.24) is 5.32 Å². The lowest BCUT2D eigenvalue weighted by atomic mass is 9.96. The Balaban J connectivity index is 1.42. The number of carbonyl (C=O) groups excluding carboxylic acids is 1. The standard InChI is InChI=1S/C72H131NO18/c1-3-5-7-9-11-13-15-17-19-21-23-24-25-26-27-28-29-30-32-34-36-38-40-42-44-46-48-50-60(78)73-55(56(77)49-47-45-43-41-39-37-35-33-31-22-20-18-16-14-12-10-8-6-4-2)54-86-70-66(84)63(81)68(58(52-75)88-70)91-72-67(85)64(82)69(59(53-76)89-72)90-71-65(83)62(80)61(79)57(51-74)87-71/h15,17,21,23,39,41,47,49,55-59,61-72,74-77,79-85H,3-14,16,18-20,22,24-38,40,42-46,48,50-54H2,1-2H3,(H,73,78)/b17-15-,23-21-,41-39+,49-47+. The molecule has 532 valence electrons. The smallest absolute Gasteiger partial charge is 0.220 e. The van der Waals surface area contributed by atoms with E-state index in [1.807, 2.05) is 6.08 Å². The van der Waals surface area contributed by atoms with Crippen molar-refractivity contribution in [2.45, 2.75) is 375 Å². The van der Waals surface area contributed by atoms with Gasteiger partial charge in [-0.3, -0.25) is 4.79 Å². The van der Waals surface area contributed by atoms with E-state index in [9.17, 15) is 61.0 Å². The zero-order valence-electron chi connectivity index (χ0n) is 56.3. The van der Waals surface area contributed by atoms with Gasteiger partial charge in [0, 0.05) is 6.42 Å². The van der Waals surface area contributed by atoms with Crippen molar-refractivity contribution >= 4 is 5.91 Å². The third-order valence-electron chi connectivity index (χ3n) is 18.1. The highest BCUT2D eigenvalue weighted by Gasteiger charge is 2.53. The molecule has 1 amide bonds. The lowest BCUT2D eigenvalue weighted by Crippen LogP contribution is -2.66. The Labute approximate surface area is 548 Å². The van der Waals surface area contributed by atoms with Gasteiger partial charge in [-0.15, -0.1) is 0 Å². The summed E-state index contributed by atoms with van der Waals surface area (Å²) in [6, 6.07) is -0.991. The highest BCUT2D eigenvalue weighted by Crippen LogP contribution is 2.33. The molecule has 0 radical (unpaired) electrons. The van der Waals surface area contributed by atoms with Gasteiger partial charge in [0.15, 0.2) is 18.9 Å². The van der Waals surface area contributed by atoms with Gasteiger partial charge in [-0.1, -0.05) is 249 Å². The number of allylic oxidation sites excluding steroid dienone is 7. The summed E-state index contributed by atoms with van der Waals surface area (Å²) >= 11 is 0. The molecule has 0 aliphatic carbocycles. The molecule has 0 aromatic carbocycles. The molecule has 0 aromatic heterocycles. The van der Waals surface area contributed by atoms with Gasteiger partial charge >= 0.3 is 0 Å². The first-order valence-electron chi connectivity index (χ1n) is 36.4. The fourth-order valence-corrected chi connectivity index (χ4v) is 12.2. The van der Waals surface area contributed by atoms with E-state index in [4.69, 9.17) is 28.4 Å². The van der Waals surface area contributed by atoms with Gasteiger partial charge in [0.2, 0.25) is 5.91 Å². The monoisotopic (exact) mass is 1300 g/mol. The molecule has 12 N–H and O–H groups in total. The molecular formula is C72H131NO18. The van der Waals surface area contributed by atoms with Crippen LogP contribution in [0, 0.1) is 0 Å². The van der Waals surface area contributed by atoms with Crippen LogP contribution in [0.5, 0.6) is 0 Å². The van der Waals surface area contributed by atoms with Crippen molar-refractivity contribution in [3.8, 4) is 0 Å². The molecule has 19 nitrogen and oxygen atoms in total. The van der Waals surface area contributed by atoms with Crippen molar-refractivity contribution in [2.75, 3.05) is 26.4 Å². The van der Waals surface area contributed by atoms with Gasteiger partial charge in [0.1, 0.15) is 73.2 Å². The van der Waals surface area contributed by atoms with Crippen LogP contribution in [0.3, 0.4) is 0 Å². The van der Waals surface area contributed by atoms with Gasteiger partial charge in [0.25, 0.3) is 0 Å². The summed E-state index contributed by atoms with van der Waals surface area (Å²) in [5.74, 6) is -0.283. The second-order valence-electron chi connectivity index (χ2n) is 26.0. The Bertz CT molecular complexity index is 1840. The first kappa shape index (κ1) is 83.0. The van der Waals surface area contributed by atoms with E-state index in [0.29, 0.717) is 12.8 Å². The van der Waals surface area contributed by atoms with Crippen molar-refractivity contribution in [1.29, 1.82) is 0 Å². The van der Waals surface area contributed by atoms with E-state index in [0.717, 1.165) is 44.9 Å². The second kappa shape index (κ2) is 53.8. The number of unbranched alkanes of at least 4 members (excludes halogenated alkanes) is 34. The molecular weight excluding hydrogens is 1170 g/mol. The van der Waals surface area contributed by atoms with E-state index >= 15 is 0 Å². The van der Waals surface area contributed by atoms with Crippen LogP contribution >= 0.6 is 0 Å². The minimum Gasteiger partial charge on any atom is -0.394 e. The molecule has 3 fully saturated rings. The van der Waals surface area contributed by atoms with Crippen molar-refractivity contribution in [3.63, 3.8) is 0 Å². The zero-order chi connectivity index (χ0) is 66.1. The zero-order valence-corrected chi connectivity index (χ0v) is 56.3. The van der Waals surface area contributed by atoms with Gasteiger partial charge < -0.3 is 89.9 Å². The van der Waals surface area contributed by atoms with Gasteiger partial charge in [0.05, 0.1) is 38.6 Å². The summed E-state index contributed by atoms with van der Waals surface area (Å²) in [5, 5.41) is 121. The summed E-state index contributed by atoms with van der Waals surface area (Å²) in [6.45, 7) is 1.73. The Morgan fingerprint density at radius 1 is 0.396 bits per heavy atom. The van der Waals surface area contributed by atoms with E-state index < -0.39 is 124 Å². The average Bonchev–Trinajstić information content (AvgIpc) is 0.885. The number of rotatable bonds is 56. The normalized spacial score (nSPS) is 28.1. The molecule has 17 unspecified atom stereocenters. The maximum absolute atomic E-state index is 13.4. The number of aliphatic hydroxyl groups excluding tert-OH is 11. The van der Waals surface area contributed by atoms with Crippen LogP contribution in [0.15, 0.2) is 48.6 Å². The molecule has 0 saturated carbocycles. The van der Waals surface area contributed by atoms with Crippen molar-refractivity contribution in [2.24, 2.45) is 0 Å². The molecule has 91 heavy (non-hydrogen) atoms. The first-order valence-corrected chi connectivity index (χ1v) is 36.4. The van der Waals surface area contributed by atoms with Crippen molar-refractivity contribution in [3.05, 3.63) is 48.6 Å². The summed E-state index contributed by atoms with van der Waals surface area (Å²) in [4.78, 5) is 13.4. The minimum absolute atomic E-state index is 0.236. The average molecular weight is 1300 g/mol. The summed E-state index contributed by atoms with van der Waals surface area (Å²) in [7, 11) is 0. The third-order valence-corrected chi connectivity index (χ3v) is 18.1. The summed E-state index contributed by atoms with van der Waals surface area (Å²) in [6.07, 6.45) is 38.0. The highest BCUT2D eigenvalue weighted by atomic mass is 16.8. The second-order valence-corrected chi connectivity index (χ2v) is 26.0. The molecule has 17 atom stereocenters. The molecule has 3 rings (SSSR count). The van der Waals surface area contributed by atoms with Crippen LogP contribution in [0.4, 0.5) is 0 Å². The fraction of sp³-hybridized carbons (Fsp3) is 0.875. The number of hydrogen-bond acceptors (Lipinski definition) is 18. The minimum atomic E-state index is -1.98. The number of ether oxygens (including phenoxy) is 6. The van der Waals surface area contributed by atoms with Crippen LogP contribution in [-0.4, -0.2) is 193 Å². The van der Waals surface area contributed by atoms with E-state index in [1.54, 1.807) is 6.08 Å². The topological polar surface area (TPSA) is 307 Å². The van der Waals surface area contributed by atoms with E-state index in [2.05, 4.69) is 55.6 Å². The highest BCUT2D eigenvalue weighted by molar-refractivity contribution is 5.76. The molecule has 3 saturated heterocycles. The Hall–Kier alpha value is -2.25. The first-order chi connectivity index (χ1) is 44.3. The Kier molecular flexibility index (Phi) is 49.1. The Morgan fingerprint density at radius 2 is 0.736 bits per heavy atom.